The number of benzene rings is 2. The third kappa shape index (κ3) is 3.98. The summed E-state index contributed by atoms with van der Waals surface area (Å²) in [6.45, 7) is 0.808. The van der Waals surface area contributed by atoms with E-state index in [1.807, 2.05) is 0 Å². The Hall–Kier alpha value is -2.97. The number of amides is 1. The van der Waals surface area contributed by atoms with Crippen LogP contribution < -0.4 is 0 Å². The monoisotopic (exact) mass is 370 g/mol. The van der Waals surface area contributed by atoms with Crippen molar-refractivity contribution in [3.8, 4) is 0 Å². The van der Waals surface area contributed by atoms with Crippen LogP contribution in [0.25, 0.3) is 0 Å². The normalized spacial score (nSPS) is 11.3. The zero-order valence-corrected chi connectivity index (χ0v) is 13.8. The van der Waals surface area contributed by atoms with Gasteiger partial charge in [-0.05, 0) is 24.6 Å². The van der Waals surface area contributed by atoms with Gasteiger partial charge in [-0.1, -0.05) is 18.2 Å². The van der Waals surface area contributed by atoms with E-state index < -0.39 is 40.6 Å². The van der Waals surface area contributed by atoms with Crippen molar-refractivity contribution in [3.05, 3.63) is 74.6 Å². The Labute approximate surface area is 146 Å². The molecule has 0 N–H and O–H groups in total. The van der Waals surface area contributed by atoms with Crippen molar-refractivity contribution < 1.29 is 27.3 Å². The molecule has 2 rings (SSSR count). The molecule has 1 amide bonds. The van der Waals surface area contributed by atoms with Gasteiger partial charge in [0.1, 0.15) is 5.82 Å². The minimum Gasteiger partial charge on any atom is -0.337 e. The molecule has 2 aromatic rings. The Bertz CT molecular complexity index is 866. The summed E-state index contributed by atoms with van der Waals surface area (Å²) >= 11 is 0. The number of rotatable bonds is 4. The van der Waals surface area contributed by atoms with Gasteiger partial charge in [-0.15, -0.1) is 0 Å². The summed E-state index contributed by atoms with van der Waals surface area (Å²) in [6, 6.07) is 6.49. The number of carbonyl (C=O) groups is 1. The highest BCUT2D eigenvalue weighted by atomic mass is 19.4. The largest absolute Gasteiger partial charge is 0.416 e. The van der Waals surface area contributed by atoms with Crippen LogP contribution in [0.3, 0.4) is 0 Å². The standard InChI is InChI=1S/C17H14F4N2O3/c1-10-14(18)7-12(8-15(10)23(25)26)16(24)22(2)9-11-5-3-4-6-13(11)17(19,20)21/h3-8H,9H2,1-2H3. The topological polar surface area (TPSA) is 63.5 Å². The lowest BCUT2D eigenvalue weighted by atomic mass is 10.1. The van der Waals surface area contributed by atoms with Crippen LogP contribution in [0, 0.1) is 22.9 Å². The maximum Gasteiger partial charge on any atom is 0.416 e. The molecule has 0 fully saturated rings. The lowest BCUT2D eigenvalue weighted by Gasteiger charge is -2.20. The fourth-order valence-electron chi connectivity index (χ4n) is 2.46. The molecule has 0 heterocycles. The summed E-state index contributed by atoms with van der Waals surface area (Å²) < 4.78 is 52.9. The van der Waals surface area contributed by atoms with Crippen LogP contribution in [0.15, 0.2) is 36.4 Å². The second kappa shape index (κ2) is 7.11. The molecule has 0 aliphatic carbocycles. The average molecular weight is 370 g/mol. The van der Waals surface area contributed by atoms with Gasteiger partial charge in [-0.25, -0.2) is 4.39 Å². The van der Waals surface area contributed by atoms with Crippen LogP contribution in [0.4, 0.5) is 23.2 Å². The summed E-state index contributed by atoms with van der Waals surface area (Å²) in [6.07, 6.45) is -4.59. The molecule has 138 valence electrons. The van der Waals surface area contributed by atoms with Crippen LogP contribution in [-0.2, 0) is 12.7 Å². The Morgan fingerprint density at radius 3 is 2.42 bits per heavy atom. The van der Waals surface area contributed by atoms with Gasteiger partial charge in [-0.3, -0.25) is 14.9 Å². The van der Waals surface area contributed by atoms with Crippen molar-refractivity contribution in [2.75, 3.05) is 7.05 Å². The minimum absolute atomic E-state index is 0.141. The van der Waals surface area contributed by atoms with Crippen molar-refractivity contribution in [2.24, 2.45) is 0 Å². The van der Waals surface area contributed by atoms with E-state index in [1.165, 1.54) is 32.2 Å². The van der Waals surface area contributed by atoms with E-state index in [-0.39, 0.29) is 16.7 Å². The highest BCUT2D eigenvalue weighted by molar-refractivity contribution is 5.94. The van der Waals surface area contributed by atoms with Gasteiger partial charge in [0, 0.05) is 25.2 Å². The summed E-state index contributed by atoms with van der Waals surface area (Å²) in [5, 5.41) is 11.0. The number of nitro groups is 1. The van der Waals surface area contributed by atoms with Crippen LogP contribution in [0.5, 0.6) is 0 Å². The fourth-order valence-corrected chi connectivity index (χ4v) is 2.46. The molecule has 0 saturated heterocycles. The number of hydrogen-bond acceptors (Lipinski definition) is 3. The van der Waals surface area contributed by atoms with E-state index in [0.29, 0.717) is 0 Å². The molecule has 5 nitrogen and oxygen atoms in total. The zero-order valence-electron chi connectivity index (χ0n) is 13.8. The van der Waals surface area contributed by atoms with E-state index in [0.717, 1.165) is 23.1 Å². The molecule has 0 unspecified atom stereocenters. The Kier molecular flexibility index (Phi) is 5.29. The smallest absolute Gasteiger partial charge is 0.337 e. The summed E-state index contributed by atoms with van der Waals surface area (Å²) in [7, 11) is 1.24. The third-order valence-corrected chi connectivity index (χ3v) is 3.84. The molecule has 0 saturated carbocycles. The van der Waals surface area contributed by atoms with Gasteiger partial charge < -0.3 is 4.90 Å². The minimum atomic E-state index is -4.59. The highest BCUT2D eigenvalue weighted by Crippen LogP contribution is 2.32. The first-order valence-corrected chi connectivity index (χ1v) is 7.37. The number of carbonyl (C=O) groups excluding carboxylic acids is 1. The fraction of sp³-hybridized carbons (Fsp3) is 0.235. The molecule has 9 heteroatoms. The molecule has 0 aromatic heterocycles. The highest BCUT2D eigenvalue weighted by Gasteiger charge is 2.33. The molecule has 0 atom stereocenters. The van der Waals surface area contributed by atoms with Crippen LogP contribution >= 0.6 is 0 Å². The molecule has 0 radical (unpaired) electrons. The first-order chi connectivity index (χ1) is 12.0. The number of halogens is 4. The van der Waals surface area contributed by atoms with Gasteiger partial charge >= 0.3 is 6.18 Å². The van der Waals surface area contributed by atoms with Crippen LogP contribution in [0.1, 0.15) is 27.0 Å². The number of hydrogen-bond donors (Lipinski definition) is 0. The summed E-state index contributed by atoms with van der Waals surface area (Å²) in [4.78, 5) is 23.5. The molecule has 0 aliphatic heterocycles. The number of nitrogens with zero attached hydrogens (tertiary/aromatic N) is 2. The SMILES string of the molecule is Cc1c(F)cc(C(=O)N(C)Cc2ccccc2C(F)(F)F)cc1[N+](=O)[O-]. The number of nitro benzene ring substituents is 1. The summed E-state index contributed by atoms with van der Waals surface area (Å²) in [5.74, 6) is -1.77. The first-order valence-electron chi connectivity index (χ1n) is 7.37. The maximum atomic E-state index is 13.8. The molecular weight excluding hydrogens is 356 g/mol. The van der Waals surface area contributed by atoms with Gasteiger partial charge in [0.25, 0.3) is 11.6 Å². The third-order valence-electron chi connectivity index (χ3n) is 3.84. The summed E-state index contributed by atoms with van der Waals surface area (Å²) in [5.41, 5.74) is -2.14. The molecule has 0 bridgehead atoms. The van der Waals surface area contributed by atoms with E-state index >= 15 is 0 Å². The van der Waals surface area contributed by atoms with Crippen molar-refractivity contribution in [2.45, 2.75) is 19.6 Å². The molecule has 0 aliphatic rings. The molecule has 2 aromatic carbocycles. The lowest BCUT2D eigenvalue weighted by Crippen LogP contribution is -2.27. The average Bonchev–Trinajstić information content (AvgIpc) is 2.55. The second-order valence-electron chi connectivity index (χ2n) is 5.68. The number of alkyl halides is 3. The van der Waals surface area contributed by atoms with Crippen LogP contribution in [0.2, 0.25) is 0 Å². The van der Waals surface area contributed by atoms with E-state index in [2.05, 4.69) is 0 Å². The van der Waals surface area contributed by atoms with E-state index in [9.17, 15) is 32.5 Å². The molecule has 0 spiro atoms. The van der Waals surface area contributed by atoms with Crippen molar-refractivity contribution in [1.29, 1.82) is 0 Å². The lowest BCUT2D eigenvalue weighted by molar-refractivity contribution is -0.385. The van der Waals surface area contributed by atoms with E-state index in [1.54, 1.807) is 0 Å². The quantitative estimate of drug-likeness (QED) is 0.457. The maximum absolute atomic E-state index is 13.8. The van der Waals surface area contributed by atoms with Crippen molar-refractivity contribution in [1.82, 2.24) is 4.90 Å². The van der Waals surface area contributed by atoms with Gasteiger partial charge in [0.15, 0.2) is 0 Å². The predicted octanol–water partition coefficient (Wildman–Crippen LogP) is 4.33. The van der Waals surface area contributed by atoms with Crippen molar-refractivity contribution >= 4 is 11.6 Å². The van der Waals surface area contributed by atoms with Crippen molar-refractivity contribution in [3.63, 3.8) is 0 Å². The molecular formula is C17H14F4N2O3. The Morgan fingerprint density at radius 1 is 1.23 bits per heavy atom. The predicted molar refractivity (Wildman–Crippen MR) is 85.0 cm³/mol. The first kappa shape index (κ1) is 19.4. The Balaban J connectivity index is 2.34. The Morgan fingerprint density at radius 2 is 1.85 bits per heavy atom. The second-order valence-corrected chi connectivity index (χ2v) is 5.68. The van der Waals surface area contributed by atoms with Gasteiger partial charge in [0.05, 0.1) is 16.1 Å². The molecule has 26 heavy (non-hydrogen) atoms. The zero-order chi connectivity index (χ0) is 19.6. The van der Waals surface area contributed by atoms with Crippen LogP contribution in [-0.4, -0.2) is 22.8 Å². The van der Waals surface area contributed by atoms with Gasteiger partial charge in [0.2, 0.25) is 0 Å². The van der Waals surface area contributed by atoms with Gasteiger partial charge in [-0.2, -0.15) is 13.2 Å². The van der Waals surface area contributed by atoms with E-state index in [4.69, 9.17) is 0 Å².